The molecule has 3 N–H and O–H groups in total. The Bertz CT molecular complexity index is 941. The Morgan fingerprint density at radius 2 is 1.27 bits per heavy atom. The maximum absolute atomic E-state index is 13.1. The number of nitrogens with one attached hydrogen (secondary N) is 2. The summed E-state index contributed by atoms with van der Waals surface area (Å²) in [5.41, 5.74) is 1.92. The summed E-state index contributed by atoms with van der Waals surface area (Å²) in [6.45, 7) is 4.76. The largest absolute Gasteiger partial charge is 0.445 e. The van der Waals surface area contributed by atoms with Crippen molar-refractivity contribution in [1.29, 1.82) is 0 Å². The lowest BCUT2D eigenvalue weighted by Gasteiger charge is -2.25. The van der Waals surface area contributed by atoms with Crippen molar-refractivity contribution < 1.29 is 24.2 Å². The van der Waals surface area contributed by atoms with Gasteiger partial charge in [0, 0.05) is 0 Å². The number of hydrogen-bond acceptors (Lipinski definition) is 5. The average molecular weight is 569 g/mol. The van der Waals surface area contributed by atoms with Crippen molar-refractivity contribution in [2.45, 2.75) is 129 Å². The first-order valence-corrected chi connectivity index (χ1v) is 15.6. The Kier molecular flexibility index (Phi) is 18.2. The molecule has 0 fully saturated rings. The third-order valence-corrected chi connectivity index (χ3v) is 7.18. The Morgan fingerprint density at radius 1 is 0.707 bits per heavy atom. The summed E-state index contributed by atoms with van der Waals surface area (Å²) in [6, 6.07) is 18.7. The van der Waals surface area contributed by atoms with Crippen LogP contribution < -0.4 is 10.6 Å². The fraction of sp³-hybridized carbons (Fsp3) is 0.588. The molecule has 0 bridgehead atoms. The second-order valence-corrected chi connectivity index (χ2v) is 10.9. The zero-order valence-electron chi connectivity index (χ0n) is 25.2. The molecule has 0 aliphatic rings. The molecule has 0 aliphatic carbocycles. The average Bonchev–Trinajstić information content (AvgIpc) is 2.98. The van der Waals surface area contributed by atoms with Gasteiger partial charge in [0.1, 0.15) is 12.8 Å². The fourth-order valence-corrected chi connectivity index (χ4v) is 4.79. The quantitative estimate of drug-likeness (QED) is 0.101. The minimum atomic E-state index is -1.26. The molecule has 3 atom stereocenters. The lowest BCUT2D eigenvalue weighted by Crippen LogP contribution is -2.52. The Morgan fingerprint density at radius 3 is 1.85 bits per heavy atom. The SMILES string of the molecule is CCCCCCCCCCC[C@H](CC(=O)NC(CCC)C(O)NC(=O)OCc1ccccc1)OCc1ccccc1. The number of aliphatic hydroxyl groups is 1. The number of ether oxygens (including phenoxy) is 2. The van der Waals surface area contributed by atoms with Crippen LogP contribution in [0.5, 0.6) is 0 Å². The molecule has 2 aromatic carbocycles. The fourth-order valence-electron chi connectivity index (χ4n) is 4.79. The number of benzene rings is 2. The molecule has 228 valence electrons. The molecule has 0 aliphatic heterocycles. The Hall–Kier alpha value is -2.90. The number of alkyl carbamates (subject to hydrolysis) is 1. The molecule has 0 saturated heterocycles. The van der Waals surface area contributed by atoms with Crippen LogP contribution in [0.25, 0.3) is 0 Å². The van der Waals surface area contributed by atoms with Crippen molar-refractivity contribution >= 4 is 12.0 Å². The highest BCUT2D eigenvalue weighted by Crippen LogP contribution is 2.16. The third kappa shape index (κ3) is 16.2. The van der Waals surface area contributed by atoms with Gasteiger partial charge in [0.2, 0.25) is 5.91 Å². The van der Waals surface area contributed by atoms with Gasteiger partial charge in [-0.05, 0) is 24.0 Å². The van der Waals surface area contributed by atoms with E-state index in [0.29, 0.717) is 13.0 Å². The first kappa shape index (κ1) is 34.3. The molecule has 2 rings (SSSR count). The summed E-state index contributed by atoms with van der Waals surface area (Å²) < 4.78 is 11.4. The number of carbonyl (C=O) groups excluding carboxylic acids is 2. The highest BCUT2D eigenvalue weighted by Gasteiger charge is 2.24. The maximum Gasteiger partial charge on any atom is 0.409 e. The predicted octanol–water partition coefficient (Wildman–Crippen LogP) is 7.41. The van der Waals surface area contributed by atoms with E-state index in [9.17, 15) is 14.7 Å². The van der Waals surface area contributed by atoms with Crippen molar-refractivity contribution in [3.05, 3.63) is 71.8 Å². The number of aliphatic hydroxyl groups excluding tert-OH is 1. The molecule has 2 unspecified atom stereocenters. The van der Waals surface area contributed by atoms with Gasteiger partial charge >= 0.3 is 6.09 Å². The van der Waals surface area contributed by atoms with Crippen molar-refractivity contribution in [3.8, 4) is 0 Å². The molecule has 0 radical (unpaired) electrons. The lowest BCUT2D eigenvalue weighted by atomic mass is 10.0. The van der Waals surface area contributed by atoms with Crippen LogP contribution in [0.2, 0.25) is 0 Å². The van der Waals surface area contributed by atoms with Gasteiger partial charge < -0.3 is 19.9 Å². The van der Waals surface area contributed by atoms with Gasteiger partial charge in [0.05, 0.1) is 25.2 Å². The van der Waals surface area contributed by atoms with E-state index in [1.807, 2.05) is 67.6 Å². The zero-order chi connectivity index (χ0) is 29.5. The maximum atomic E-state index is 13.1. The Balaban J connectivity index is 1.82. The van der Waals surface area contributed by atoms with Crippen molar-refractivity contribution in [1.82, 2.24) is 10.6 Å². The normalized spacial score (nSPS) is 13.2. The van der Waals surface area contributed by atoms with Gasteiger partial charge in [0.25, 0.3) is 0 Å². The first-order valence-electron chi connectivity index (χ1n) is 15.6. The van der Waals surface area contributed by atoms with Gasteiger partial charge in [-0.1, -0.05) is 139 Å². The number of carbonyl (C=O) groups is 2. The van der Waals surface area contributed by atoms with E-state index >= 15 is 0 Å². The summed E-state index contributed by atoms with van der Waals surface area (Å²) in [7, 11) is 0. The van der Waals surface area contributed by atoms with Gasteiger partial charge in [-0.25, -0.2) is 4.79 Å². The lowest BCUT2D eigenvalue weighted by molar-refractivity contribution is -0.126. The van der Waals surface area contributed by atoms with Gasteiger partial charge in [-0.15, -0.1) is 0 Å². The second kappa shape index (κ2) is 21.8. The van der Waals surface area contributed by atoms with Crippen molar-refractivity contribution in [3.63, 3.8) is 0 Å². The molecule has 7 heteroatoms. The van der Waals surface area contributed by atoms with Crippen LogP contribution in [0, 0.1) is 0 Å². The van der Waals surface area contributed by atoms with Gasteiger partial charge in [-0.3, -0.25) is 10.1 Å². The molecular weight excluding hydrogens is 516 g/mol. The third-order valence-electron chi connectivity index (χ3n) is 7.18. The van der Waals surface area contributed by atoms with E-state index in [-0.39, 0.29) is 25.0 Å². The van der Waals surface area contributed by atoms with E-state index in [4.69, 9.17) is 9.47 Å². The van der Waals surface area contributed by atoms with Gasteiger partial charge in [-0.2, -0.15) is 0 Å². The summed E-state index contributed by atoms with van der Waals surface area (Å²) in [6.07, 6.45) is 11.2. The van der Waals surface area contributed by atoms with Crippen LogP contribution in [0.4, 0.5) is 4.79 Å². The molecular formula is C34H52N2O5. The van der Waals surface area contributed by atoms with Crippen LogP contribution in [-0.4, -0.2) is 35.5 Å². The minimum Gasteiger partial charge on any atom is -0.445 e. The molecule has 0 heterocycles. The van der Waals surface area contributed by atoms with E-state index in [1.165, 1.54) is 44.9 Å². The highest BCUT2D eigenvalue weighted by molar-refractivity contribution is 5.77. The van der Waals surface area contributed by atoms with Crippen molar-refractivity contribution in [2.75, 3.05) is 0 Å². The zero-order valence-corrected chi connectivity index (χ0v) is 25.2. The molecule has 2 amide bonds. The second-order valence-electron chi connectivity index (χ2n) is 10.9. The van der Waals surface area contributed by atoms with Crippen LogP contribution in [-0.2, 0) is 27.5 Å². The van der Waals surface area contributed by atoms with Crippen molar-refractivity contribution in [2.24, 2.45) is 0 Å². The number of hydrogen-bond donors (Lipinski definition) is 3. The highest BCUT2D eigenvalue weighted by atomic mass is 16.6. The summed E-state index contributed by atoms with van der Waals surface area (Å²) in [5, 5.41) is 16.1. The summed E-state index contributed by atoms with van der Waals surface area (Å²) in [4.78, 5) is 25.3. The van der Waals surface area contributed by atoms with E-state index in [0.717, 1.165) is 36.8 Å². The Labute approximate surface area is 247 Å². The molecule has 41 heavy (non-hydrogen) atoms. The van der Waals surface area contributed by atoms with E-state index in [2.05, 4.69) is 17.6 Å². The molecule has 0 aromatic heterocycles. The van der Waals surface area contributed by atoms with E-state index in [1.54, 1.807) is 0 Å². The molecule has 7 nitrogen and oxygen atoms in total. The molecule has 2 aromatic rings. The predicted molar refractivity (Wildman–Crippen MR) is 164 cm³/mol. The summed E-state index contributed by atoms with van der Waals surface area (Å²) in [5.74, 6) is -0.198. The van der Waals surface area contributed by atoms with Crippen LogP contribution in [0.15, 0.2) is 60.7 Å². The minimum absolute atomic E-state index is 0.101. The molecule has 0 saturated carbocycles. The van der Waals surface area contributed by atoms with Crippen LogP contribution in [0.3, 0.4) is 0 Å². The van der Waals surface area contributed by atoms with Crippen LogP contribution in [0.1, 0.15) is 108 Å². The number of amides is 2. The van der Waals surface area contributed by atoms with E-state index < -0.39 is 18.4 Å². The monoisotopic (exact) mass is 568 g/mol. The number of unbranched alkanes of at least 4 members (excludes halogenated alkanes) is 8. The smallest absolute Gasteiger partial charge is 0.409 e. The first-order chi connectivity index (χ1) is 20.0. The topological polar surface area (TPSA) is 96.9 Å². The van der Waals surface area contributed by atoms with Gasteiger partial charge in [0.15, 0.2) is 0 Å². The number of rotatable bonds is 22. The standard InChI is InChI=1S/C34H52N2O5/c1-3-5-6-7-8-9-10-11-18-24-30(40-26-28-20-14-12-15-21-28)25-32(37)35-31(19-4-2)33(38)36-34(39)41-27-29-22-16-13-17-23-29/h12-17,20-23,30-31,33,38H,3-11,18-19,24-27H2,1-2H3,(H,35,37)(H,36,39)/t30-,31?,33?/m1/s1. The van der Waals surface area contributed by atoms with Crippen LogP contribution >= 0.6 is 0 Å². The summed E-state index contributed by atoms with van der Waals surface area (Å²) >= 11 is 0. The molecule has 0 spiro atoms.